The van der Waals surface area contributed by atoms with E-state index in [-0.39, 0.29) is 11.8 Å². The van der Waals surface area contributed by atoms with Gasteiger partial charge in [-0.1, -0.05) is 30.3 Å². The van der Waals surface area contributed by atoms with Gasteiger partial charge >= 0.3 is 5.97 Å². The fraction of sp³-hybridized carbons (Fsp3) is 0.276. The summed E-state index contributed by atoms with van der Waals surface area (Å²) < 4.78 is 4.75. The third-order valence-electron chi connectivity index (χ3n) is 6.41. The topological polar surface area (TPSA) is 72.0 Å². The molecule has 34 heavy (non-hydrogen) atoms. The summed E-state index contributed by atoms with van der Waals surface area (Å²) in [6.45, 7) is 8.24. The number of carbonyl (C=O) groups excluding carboxylic acids is 2. The Bertz CT molecular complexity index is 1380. The molecule has 5 heteroatoms. The van der Waals surface area contributed by atoms with Crippen LogP contribution in [0.5, 0.6) is 0 Å². The second-order valence-electron chi connectivity index (χ2n) is 9.02. The smallest absolute Gasteiger partial charge is 0.305 e. The number of carbonyl (C=O) groups is 2. The van der Waals surface area contributed by atoms with E-state index in [9.17, 15) is 9.59 Å². The number of hydrogen-bond acceptors (Lipinski definition) is 4. The van der Waals surface area contributed by atoms with Crippen molar-refractivity contribution < 1.29 is 14.3 Å². The Morgan fingerprint density at radius 3 is 2.24 bits per heavy atom. The van der Waals surface area contributed by atoms with Crippen molar-refractivity contribution in [1.82, 2.24) is 9.97 Å². The summed E-state index contributed by atoms with van der Waals surface area (Å²) in [6, 6.07) is 16.0. The Morgan fingerprint density at radius 1 is 0.853 bits per heavy atom. The number of ketones is 1. The van der Waals surface area contributed by atoms with Crippen molar-refractivity contribution in [2.75, 3.05) is 7.11 Å². The predicted octanol–water partition coefficient (Wildman–Crippen LogP) is 5.99. The molecule has 0 spiro atoms. The monoisotopic (exact) mass is 454 g/mol. The van der Waals surface area contributed by atoms with Crippen LogP contribution in [-0.4, -0.2) is 28.8 Å². The highest BCUT2D eigenvalue weighted by atomic mass is 16.5. The maximum Gasteiger partial charge on any atom is 0.305 e. The number of nitrogens with one attached hydrogen (secondary N) is 1. The second-order valence-corrected chi connectivity index (χ2v) is 9.02. The van der Waals surface area contributed by atoms with Gasteiger partial charge in [-0.05, 0) is 85.7 Å². The van der Waals surface area contributed by atoms with Crippen LogP contribution in [0.4, 0.5) is 0 Å². The molecule has 0 fully saturated rings. The van der Waals surface area contributed by atoms with Crippen molar-refractivity contribution in [3.05, 3.63) is 87.5 Å². The average Bonchev–Trinajstić information content (AvgIpc) is 3.22. The summed E-state index contributed by atoms with van der Waals surface area (Å²) in [7, 11) is 1.41. The van der Waals surface area contributed by atoms with Crippen molar-refractivity contribution in [1.29, 1.82) is 0 Å². The molecule has 0 amide bonds. The Labute approximate surface area is 200 Å². The number of rotatable bonds is 7. The summed E-state index contributed by atoms with van der Waals surface area (Å²) in [5.41, 5.74) is 10.1. The molecule has 1 N–H and O–H groups in total. The van der Waals surface area contributed by atoms with E-state index in [4.69, 9.17) is 9.72 Å². The van der Waals surface area contributed by atoms with Crippen LogP contribution in [0.15, 0.2) is 48.5 Å². The van der Waals surface area contributed by atoms with Crippen LogP contribution in [0.1, 0.15) is 50.2 Å². The number of imidazole rings is 1. The van der Waals surface area contributed by atoms with Crippen molar-refractivity contribution in [3.8, 4) is 11.4 Å². The lowest BCUT2D eigenvalue weighted by atomic mass is 9.97. The van der Waals surface area contributed by atoms with Gasteiger partial charge in [0.2, 0.25) is 0 Å². The lowest BCUT2D eigenvalue weighted by Gasteiger charge is -2.10. The van der Waals surface area contributed by atoms with Gasteiger partial charge in [0.1, 0.15) is 5.82 Å². The zero-order valence-electron chi connectivity index (χ0n) is 20.4. The van der Waals surface area contributed by atoms with Crippen molar-refractivity contribution in [2.45, 2.75) is 47.0 Å². The second kappa shape index (κ2) is 9.64. The maximum absolute atomic E-state index is 12.9. The summed E-state index contributed by atoms with van der Waals surface area (Å²) in [4.78, 5) is 32.6. The molecule has 5 nitrogen and oxygen atoms in total. The van der Waals surface area contributed by atoms with E-state index in [0.717, 1.165) is 44.7 Å². The molecule has 0 aliphatic carbocycles. The van der Waals surface area contributed by atoms with E-state index in [2.05, 4.69) is 56.9 Å². The minimum absolute atomic E-state index is 0.0867. The summed E-state index contributed by atoms with van der Waals surface area (Å²) >= 11 is 0. The Balaban J connectivity index is 1.59. The number of benzene rings is 3. The zero-order chi connectivity index (χ0) is 24.4. The first-order chi connectivity index (χ1) is 16.2. The van der Waals surface area contributed by atoms with Gasteiger partial charge in [-0.2, -0.15) is 0 Å². The number of nitrogens with zero attached hydrogens (tertiary/aromatic N) is 1. The lowest BCUT2D eigenvalue weighted by Crippen LogP contribution is -2.04. The predicted molar refractivity (Wildman–Crippen MR) is 135 cm³/mol. The van der Waals surface area contributed by atoms with Gasteiger partial charge in [-0.15, -0.1) is 0 Å². The minimum Gasteiger partial charge on any atom is -0.469 e. The molecule has 0 radical (unpaired) electrons. The molecular weight excluding hydrogens is 424 g/mol. The number of aromatic amines is 1. The average molecular weight is 455 g/mol. The van der Waals surface area contributed by atoms with Gasteiger partial charge in [-0.3, -0.25) is 9.59 Å². The Kier molecular flexibility index (Phi) is 6.64. The van der Waals surface area contributed by atoms with Gasteiger partial charge in [0.05, 0.1) is 18.1 Å². The van der Waals surface area contributed by atoms with Crippen molar-refractivity contribution in [2.24, 2.45) is 0 Å². The van der Waals surface area contributed by atoms with Gasteiger partial charge < -0.3 is 9.72 Å². The third kappa shape index (κ3) is 4.93. The summed E-state index contributed by atoms with van der Waals surface area (Å²) in [5.74, 6) is 0.659. The highest BCUT2D eigenvalue weighted by Gasteiger charge is 2.15. The maximum atomic E-state index is 12.9. The van der Waals surface area contributed by atoms with E-state index >= 15 is 0 Å². The normalized spacial score (nSPS) is 11.1. The molecule has 4 rings (SSSR count). The van der Waals surface area contributed by atoms with Gasteiger partial charge in [-0.25, -0.2) is 4.98 Å². The molecule has 0 bridgehead atoms. The first-order valence-corrected chi connectivity index (χ1v) is 11.5. The first-order valence-electron chi connectivity index (χ1n) is 11.5. The van der Waals surface area contributed by atoms with Gasteiger partial charge in [0.15, 0.2) is 5.78 Å². The number of aromatic nitrogens is 2. The van der Waals surface area contributed by atoms with Gasteiger partial charge in [0.25, 0.3) is 0 Å². The van der Waals surface area contributed by atoms with E-state index < -0.39 is 0 Å². The number of fused-ring (bicyclic) bond motifs is 1. The molecule has 0 aliphatic heterocycles. The molecule has 1 heterocycles. The molecule has 0 unspecified atom stereocenters. The van der Waals surface area contributed by atoms with Crippen molar-refractivity contribution in [3.63, 3.8) is 0 Å². The molecule has 3 aromatic carbocycles. The third-order valence-corrected chi connectivity index (χ3v) is 6.41. The number of hydrogen-bond donors (Lipinski definition) is 1. The number of methoxy groups -OCH3 is 1. The van der Waals surface area contributed by atoms with E-state index in [1.807, 2.05) is 24.3 Å². The standard InChI is InChI=1S/C29H30N2O3/c1-17-6-7-22(12-18(17)2)15-26(32)23-9-10-24-25(16-23)31-29(30-24)28-19(3)13-21(14-20(28)4)8-11-27(33)34-5/h6-7,9-10,12-14,16H,8,11,15H2,1-5H3,(H,30,31). The number of esters is 1. The van der Waals surface area contributed by atoms with Crippen molar-refractivity contribution >= 4 is 22.8 Å². The fourth-order valence-corrected chi connectivity index (χ4v) is 4.42. The Morgan fingerprint density at radius 2 is 1.56 bits per heavy atom. The number of ether oxygens (including phenoxy) is 1. The Hall–Kier alpha value is -3.73. The molecule has 174 valence electrons. The van der Waals surface area contributed by atoms with Crippen LogP contribution in [0, 0.1) is 27.7 Å². The van der Waals surface area contributed by atoms with Crippen LogP contribution in [0.25, 0.3) is 22.4 Å². The fourth-order valence-electron chi connectivity index (χ4n) is 4.42. The van der Waals surface area contributed by atoms with E-state index in [1.54, 1.807) is 0 Å². The summed E-state index contributed by atoms with van der Waals surface area (Å²) in [6.07, 6.45) is 1.37. The zero-order valence-corrected chi connectivity index (χ0v) is 20.4. The molecule has 4 aromatic rings. The summed E-state index contributed by atoms with van der Waals surface area (Å²) in [5, 5.41) is 0. The van der Waals surface area contributed by atoms with Crippen LogP contribution < -0.4 is 0 Å². The van der Waals surface area contributed by atoms with Crippen LogP contribution in [0.2, 0.25) is 0 Å². The molecule has 1 aromatic heterocycles. The van der Waals surface area contributed by atoms with E-state index in [1.165, 1.54) is 18.2 Å². The highest BCUT2D eigenvalue weighted by molar-refractivity contribution is 6.00. The largest absolute Gasteiger partial charge is 0.469 e. The first kappa shape index (κ1) is 23.4. The molecule has 0 atom stereocenters. The van der Waals surface area contributed by atoms with Crippen LogP contribution >= 0.6 is 0 Å². The quantitative estimate of drug-likeness (QED) is 0.275. The highest BCUT2D eigenvalue weighted by Crippen LogP contribution is 2.29. The molecule has 0 saturated carbocycles. The number of H-pyrrole nitrogens is 1. The lowest BCUT2D eigenvalue weighted by molar-refractivity contribution is -0.140. The number of Topliss-reactive ketones (excluding diaryl/α,β-unsaturated/α-hetero) is 1. The van der Waals surface area contributed by atoms with Crippen LogP contribution in [-0.2, 0) is 22.4 Å². The molecule has 0 saturated heterocycles. The van der Waals surface area contributed by atoms with Crippen LogP contribution in [0.3, 0.4) is 0 Å². The molecular formula is C29H30N2O3. The molecule has 0 aliphatic rings. The van der Waals surface area contributed by atoms with E-state index in [0.29, 0.717) is 24.8 Å². The minimum atomic E-state index is -0.209. The van der Waals surface area contributed by atoms with Gasteiger partial charge in [0, 0.05) is 24.0 Å². The SMILES string of the molecule is COC(=O)CCc1cc(C)c(-c2nc3ccc(C(=O)Cc4ccc(C)c(C)c4)cc3[nH]2)c(C)c1. The number of aryl methyl sites for hydroxylation is 5.